The molecule has 3 rings (SSSR count). The lowest BCUT2D eigenvalue weighted by Gasteiger charge is -2.23. The molecule has 1 heterocycles. The van der Waals surface area contributed by atoms with Crippen LogP contribution in [0.3, 0.4) is 0 Å². The summed E-state index contributed by atoms with van der Waals surface area (Å²) in [4.78, 5) is 45.3. The lowest BCUT2D eigenvalue weighted by molar-refractivity contribution is -0.393. The molecule has 1 aliphatic rings. The molecule has 0 radical (unpaired) electrons. The van der Waals surface area contributed by atoms with Crippen molar-refractivity contribution in [2.24, 2.45) is 0 Å². The fourth-order valence-electron chi connectivity index (χ4n) is 2.86. The monoisotopic (exact) mass is 428 g/mol. The van der Waals surface area contributed by atoms with Gasteiger partial charge in [0, 0.05) is 17.7 Å². The molecule has 1 aliphatic heterocycles. The van der Waals surface area contributed by atoms with Crippen molar-refractivity contribution in [1.29, 1.82) is 0 Å². The molecule has 0 fully saturated rings. The van der Waals surface area contributed by atoms with Gasteiger partial charge in [-0.3, -0.25) is 29.8 Å². The summed E-state index contributed by atoms with van der Waals surface area (Å²) in [5, 5.41) is 22.1. The van der Waals surface area contributed by atoms with Crippen molar-refractivity contribution >= 4 is 34.6 Å². The molecular formula is C19H16N4O8. The van der Waals surface area contributed by atoms with Crippen molar-refractivity contribution in [1.82, 2.24) is 5.43 Å². The van der Waals surface area contributed by atoms with Crippen molar-refractivity contribution in [3.63, 3.8) is 0 Å². The van der Waals surface area contributed by atoms with Crippen LogP contribution in [0.25, 0.3) is 5.76 Å². The van der Waals surface area contributed by atoms with Crippen LogP contribution in [0.1, 0.15) is 5.56 Å². The molecule has 2 aromatic carbocycles. The van der Waals surface area contributed by atoms with Crippen LogP contribution in [0, 0.1) is 20.2 Å². The second kappa shape index (κ2) is 9.00. The molecule has 2 atom stereocenters. The number of non-ortho nitro benzene ring substituents is 1. The standard InChI is InChI=1S/C19H16N4O8/c1-30-19(25)17(18-15(24)10-16(31-18)11-5-3-2-4-6-11)21-20-13-8-7-12(22(26)27)9-14(13)23(28)29/h2-10,17-18,20-21H,1H3. The van der Waals surface area contributed by atoms with Gasteiger partial charge in [-0.25, -0.2) is 5.43 Å². The van der Waals surface area contributed by atoms with E-state index in [2.05, 4.69) is 10.9 Å². The zero-order valence-electron chi connectivity index (χ0n) is 16.0. The minimum atomic E-state index is -1.37. The van der Waals surface area contributed by atoms with Gasteiger partial charge in [0.1, 0.15) is 11.4 Å². The number of carbonyl (C=O) groups is 2. The highest BCUT2D eigenvalue weighted by atomic mass is 16.6. The Kier molecular flexibility index (Phi) is 6.21. The Morgan fingerprint density at radius 3 is 2.45 bits per heavy atom. The molecule has 2 aromatic rings. The highest BCUT2D eigenvalue weighted by Gasteiger charge is 2.40. The summed E-state index contributed by atoms with van der Waals surface area (Å²) in [6.07, 6.45) is -0.0568. The minimum absolute atomic E-state index is 0.161. The molecule has 31 heavy (non-hydrogen) atoms. The number of rotatable bonds is 8. The summed E-state index contributed by atoms with van der Waals surface area (Å²) in [6.45, 7) is 0. The largest absolute Gasteiger partial charge is 0.479 e. The number of hydrogen-bond donors (Lipinski definition) is 2. The van der Waals surface area contributed by atoms with E-state index in [1.165, 1.54) is 6.08 Å². The van der Waals surface area contributed by atoms with Gasteiger partial charge in [0.15, 0.2) is 12.1 Å². The molecule has 2 N–H and O–H groups in total. The molecule has 0 amide bonds. The van der Waals surface area contributed by atoms with E-state index >= 15 is 0 Å². The summed E-state index contributed by atoms with van der Waals surface area (Å²) < 4.78 is 10.4. The zero-order valence-corrected chi connectivity index (χ0v) is 16.0. The Morgan fingerprint density at radius 2 is 1.84 bits per heavy atom. The van der Waals surface area contributed by atoms with Crippen molar-refractivity contribution in [2.45, 2.75) is 12.1 Å². The van der Waals surface area contributed by atoms with Crippen LogP contribution in [-0.2, 0) is 19.1 Å². The van der Waals surface area contributed by atoms with Crippen molar-refractivity contribution in [3.8, 4) is 0 Å². The Morgan fingerprint density at radius 1 is 1.13 bits per heavy atom. The molecule has 0 aromatic heterocycles. The average molecular weight is 428 g/mol. The Balaban J connectivity index is 1.81. The van der Waals surface area contributed by atoms with E-state index in [1.54, 1.807) is 30.3 Å². The van der Waals surface area contributed by atoms with Crippen molar-refractivity contribution in [3.05, 3.63) is 80.4 Å². The lowest BCUT2D eigenvalue weighted by atomic mass is 10.1. The highest BCUT2D eigenvalue weighted by Crippen LogP contribution is 2.29. The molecule has 12 nitrogen and oxygen atoms in total. The first-order valence-corrected chi connectivity index (χ1v) is 8.81. The third kappa shape index (κ3) is 4.64. The van der Waals surface area contributed by atoms with Crippen LogP contribution in [0.4, 0.5) is 17.1 Å². The Hall–Kier alpha value is -4.32. The van der Waals surface area contributed by atoms with Crippen molar-refractivity contribution < 1.29 is 28.9 Å². The number of hydrazine groups is 1. The van der Waals surface area contributed by atoms with Gasteiger partial charge in [-0.15, -0.1) is 0 Å². The van der Waals surface area contributed by atoms with E-state index in [0.29, 0.717) is 5.56 Å². The Bertz CT molecular complexity index is 1070. The predicted octanol–water partition coefficient (Wildman–Crippen LogP) is 1.97. The summed E-state index contributed by atoms with van der Waals surface area (Å²) in [5.41, 5.74) is 4.34. The number of nitrogens with one attached hydrogen (secondary N) is 2. The number of ketones is 1. The van der Waals surface area contributed by atoms with Crippen LogP contribution < -0.4 is 10.9 Å². The second-order valence-corrected chi connectivity index (χ2v) is 6.30. The van der Waals surface area contributed by atoms with Crippen LogP contribution >= 0.6 is 0 Å². The molecule has 0 saturated heterocycles. The topological polar surface area (TPSA) is 163 Å². The van der Waals surface area contributed by atoms with E-state index in [-0.39, 0.29) is 11.4 Å². The second-order valence-electron chi connectivity index (χ2n) is 6.30. The van der Waals surface area contributed by atoms with E-state index in [9.17, 15) is 29.8 Å². The third-order valence-corrected chi connectivity index (χ3v) is 4.38. The summed E-state index contributed by atoms with van der Waals surface area (Å²) >= 11 is 0. The van der Waals surface area contributed by atoms with E-state index in [1.807, 2.05) is 0 Å². The van der Waals surface area contributed by atoms with Gasteiger partial charge in [-0.05, 0) is 6.07 Å². The number of esters is 1. The molecule has 0 aliphatic carbocycles. The summed E-state index contributed by atoms with van der Waals surface area (Å²) in [5.74, 6) is -1.12. The van der Waals surface area contributed by atoms with Gasteiger partial charge in [0.05, 0.1) is 23.0 Å². The fourth-order valence-corrected chi connectivity index (χ4v) is 2.86. The highest BCUT2D eigenvalue weighted by molar-refractivity contribution is 6.05. The number of hydrogen-bond acceptors (Lipinski definition) is 10. The maximum atomic E-state index is 12.5. The third-order valence-electron chi connectivity index (χ3n) is 4.38. The van der Waals surface area contributed by atoms with Crippen LogP contribution in [-0.4, -0.2) is 40.9 Å². The first kappa shape index (κ1) is 21.4. The fraction of sp³-hybridized carbons (Fsp3) is 0.158. The molecule has 160 valence electrons. The summed E-state index contributed by atoms with van der Waals surface area (Å²) in [6, 6.07) is 10.3. The van der Waals surface area contributed by atoms with Crippen molar-refractivity contribution in [2.75, 3.05) is 12.5 Å². The molecule has 0 spiro atoms. The number of ether oxygens (including phenoxy) is 2. The number of nitro benzene ring substituents is 2. The van der Waals surface area contributed by atoms with Gasteiger partial charge in [-0.2, -0.15) is 0 Å². The maximum Gasteiger partial charge on any atom is 0.329 e. The van der Waals surface area contributed by atoms with Crippen LogP contribution in [0.15, 0.2) is 54.6 Å². The molecule has 0 saturated carbocycles. The van der Waals surface area contributed by atoms with E-state index < -0.39 is 45.1 Å². The number of nitro groups is 2. The number of nitrogens with zero attached hydrogens (tertiary/aromatic N) is 2. The summed E-state index contributed by atoms with van der Waals surface area (Å²) in [7, 11) is 1.11. The quantitative estimate of drug-likeness (QED) is 0.361. The van der Waals surface area contributed by atoms with E-state index in [4.69, 9.17) is 9.47 Å². The lowest BCUT2D eigenvalue weighted by Crippen LogP contribution is -2.51. The SMILES string of the molecule is COC(=O)C(NNc1ccc([N+](=O)[O-])cc1[N+](=O)[O-])C1OC(c2ccccc2)=CC1=O. The predicted molar refractivity (Wildman–Crippen MR) is 107 cm³/mol. The number of benzene rings is 2. The Labute approximate surface area is 174 Å². The minimum Gasteiger partial charge on any atom is -0.479 e. The number of methoxy groups -OCH3 is 1. The molecule has 0 bridgehead atoms. The van der Waals surface area contributed by atoms with Gasteiger partial charge >= 0.3 is 11.7 Å². The normalized spacial score (nSPS) is 16.1. The molecule has 2 unspecified atom stereocenters. The van der Waals surface area contributed by atoms with Crippen LogP contribution in [0.2, 0.25) is 0 Å². The first-order chi connectivity index (χ1) is 14.8. The van der Waals surface area contributed by atoms with Gasteiger partial charge in [-0.1, -0.05) is 30.3 Å². The number of anilines is 1. The van der Waals surface area contributed by atoms with Gasteiger partial charge < -0.3 is 14.9 Å². The van der Waals surface area contributed by atoms with E-state index in [0.717, 1.165) is 25.3 Å². The smallest absolute Gasteiger partial charge is 0.329 e. The number of carbonyl (C=O) groups excluding carboxylic acids is 2. The van der Waals surface area contributed by atoms with Crippen LogP contribution in [0.5, 0.6) is 0 Å². The maximum absolute atomic E-state index is 12.5. The average Bonchev–Trinajstić information content (AvgIpc) is 3.15. The zero-order chi connectivity index (χ0) is 22.5. The molecule has 12 heteroatoms. The van der Waals surface area contributed by atoms with Gasteiger partial charge in [0.25, 0.3) is 5.69 Å². The molecular weight excluding hydrogens is 412 g/mol. The van der Waals surface area contributed by atoms with Gasteiger partial charge in [0.2, 0.25) is 5.78 Å². The first-order valence-electron chi connectivity index (χ1n) is 8.81.